The molecule has 76 valence electrons. The number of rotatable bonds is 2. The van der Waals surface area contributed by atoms with Gasteiger partial charge in [-0.1, -0.05) is 18.2 Å². The maximum absolute atomic E-state index is 10.0. The number of benzene rings is 1. The van der Waals surface area contributed by atoms with Crippen LogP contribution in [-0.4, -0.2) is 17.3 Å². The van der Waals surface area contributed by atoms with Crippen molar-refractivity contribution in [3.63, 3.8) is 0 Å². The van der Waals surface area contributed by atoms with Gasteiger partial charge in [0.1, 0.15) is 0 Å². The predicted octanol–water partition coefficient (Wildman–Crippen LogP) is 0.435. The quantitative estimate of drug-likeness (QED) is 0.547. The van der Waals surface area contributed by atoms with E-state index in [0.29, 0.717) is 0 Å². The fourth-order valence-corrected chi connectivity index (χ4v) is 1.32. The zero-order valence-electron chi connectivity index (χ0n) is 7.73. The molecule has 1 heterocycles. The van der Waals surface area contributed by atoms with E-state index < -0.39 is 6.09 Å². The number of para-hydroxylation sites is 1. The van der Waals surface area contributed by atoms with E-state index in [2.05, 4.69) is 10.1 Å². The molecule has 2 aromatic rings. The highest BCUT2D eigenvalue weighted by Gasteiger charge is 1.95. The standard InChI is InChI=1S/C10H9N3O2/c14-10(15)13-11-6-8-5-7-3-1-2-4-9(7)12-8/h1-6,12-13H,(H,14,15)/p-1/b11-6+. The van der Waals surface area contributed by atoms with E-state index in [1.807, 2.05) is 30.3 Å². The number of hydrazone groups is 1. The number of aromatic amines is 1. The van der Waals surface area contributed by atoms with Crippen LogP contribution in [0.4, 0.5) is 4.79 Å². The van der Waals surface area contributed by atoms with Crippen molar-refractivity contribution in [2.24, 2.45) is 5.10 Å². The lowest BCUT2D eigenvalue weighted by Gasteiger charge is -1.96. The Morgan fingerprint density at radius 2 is 2.27 bits per heavy atom. The highest BCUT2D eigenvalue weighted by molar-refractivity contribution is 5.89. The van der Waals surface area contributed by atoms with Gasteiger partial charge in [-0.25, -0.2) is 0 Å². The van der Waals surface area contributed by atoms with Crippen LogP contribution in [-0.2, 0) is 0 Å². The van der Waals surface area contributed by atoms with Gasteiger partial charge in [-0.15, -0.1) is 0 Å². The van der Waals surface area contributed by atoms with Gasteiger partial charge in [0.2, 0.25) is 0 Å². The normalized spacial score (nSPS) is 10.9. The first-order chi connectivity index (χ1) is 7.25. The van der Waals surface area contributed by atoms with Gasteiger partial charge in [-0.05, 0) is 12.1 Å². The lowest BCUT2D eigenvalue weighted by atomic mass is 10.2. The van der Waals surface area contributed by atoms with Crippen LogP contribution in [0, 0.1) is 0 Å². The Bertz CT molecular complexity index is 483. The van der Waals surface area contributed by atoms with Crippen molar-refractivity contribution in [3.05, 3.63) is 36.0 Å². The van der Waals surface area contributed by atoms with Crippen LogP contribution < -0.4 is 10.5 Å². The minimum Gasteiger partial charge on any atom is -0.529 e. The smallest absolute Gasteiger partial charge is 0.155 e. The largest absolute Gasteiger partial charge is 0.529 e. The van der Waals surface area contributed by atoms with Gasteiger partial charge in [0.25, 0.3) is 0 Å². The number of nitrogens with one attached hydrogen (secondary N) is 2. The summed E-state index contributed by atoms with van der Waals surface area (Å²) in [6.07, 6.45) is -0.0436. The summed E-state index contributed by atoms with van der Waals surface area (Å²) < 4.78 is 0. The molecule has 1 aromatic carbocycles. The van der Waals surface area contributed by atoms with E-state index in [1.165, 1.54) is 6.21 Å². The van der Waals surface area contributed by atoms with E-state index >= 15 is 0 Å². The minimum absolute atomic E-state index is 0.727. The molecule has 15 heavy (non-hydrogen) atoms. The molecule has 2 rings (SSSR count). The summed E-state index contributed by atoms with van der Waals surface area (Å²) in [5.41, 5.74) is 3.50. The second kappa shape index (κ2) is 3.83. The topological polar surface area (TPSA) is 80.3 Å². The Balaban J connectivity index is 2.22. The average molecular weight is 202 g/mol. The van der Waals surface area contributed by atoms with Crippen molar-refractivity contribution in [2.45, 2.75) is 0 Å². The van der Waals surface area contributed by atoms with E-state index in [-0.39, 0.29) is 0 Å². The summed E-state index contributed by atoms with van der Waals surface area (Å²) in [7, 11) is 0. The summed E-state index contributed by atoms with van der Waals surface area (Å²) in [6, 6.07) is 9.60. The molecule has 2 N–H and O–H groups in total. The van der Waals surface area contributed by atoms with Crippen LogP contribution in [0.5, 0.6) is 0 Å². The van der Waals surface area contributed by atoms with Crippen LogP contribution in [0.1, 0.15) is 5.69 Å². The second-order valence-corrected chi connectivity index (χ2v) is 2.97. The van der Waals surface area contributed by atoms with E-state index in [9.17, 15) is 9.90 Å². The third-order valence-electron chi connectivity index (χ3n) is 1.91. The Hall–Kier alpha value is -2.30. The van der Waals surface area contributed by atoms with Crippen molar-refractivity contribution >= 4 is 23.2 Å². The Kier molecular flexibility index (Phi) is 2.37. The van der Waals surface area contributed by atoms with Gasteiger partial charge in [0.15, 0.2) is 6.09 Å². The molecule has 0 saturated carbocycles. The van der Waals surface area contributed by atoms with Crippen LogP contribution in [0.2, 0.25) is 0 Å². The number of carbonyl (C=O) groups is 1. The summed E-state index contributed by atoms with van der Waals surface area (Å²) in [6.45, 7) is 0. The van der Waals surface area contributed by atoms with Crippen molar-refractivity contribution in [1.82, 2.24) is 10.4 Å². The first kappa shape index (κ1) is 9.26. The number of carboxylic acid groups (broad SMARTS) is 1. The van der Waals surface area contributed by atoms with Gasteiger partial charge < -0.3 is 14.9 Å². The molecule has 0 radical (unpaired) electrons. The molecule has 0 aliphatic carbocycles. The number of hydrogen-bond acceptors (Lipinski definition) is 3. The minimum atomic E-state index is -1.43. The van der Waals surface area contributed by atoms with Gasteiger partial charge in [-0.3, -0.25) is 5.43 Å². The highest BCUT2D eigenvalue weighted by atomic mass is 16.4. The first-order valence-corrected chi connectivity index (χ1v) is 4.33. The maximum Gasteiger partial charge on any atom is 0.155 e. The molecule has 0 bridgehead atoms. The van der Waals surface area contributed by atoms with Crippen molar-refractivity contribution in [2.75, 3.05) is 0 Å². The SMILES string of the molecule is O=C([O-])N/N=C/c1cc2ccccc2[nH]1. The third kappa shape index (κ3) is 2.14. The predicted molar refractivity (Wildman–Crippen MR) is 54.4 cm³/mol. The van der Waals surface area contributed by atoms with Gasteiger partial charge in [0.05, 0.1) is 11.9 Å². The molecular weight excluding hydrogens is 194 g/mol. The molecule has 1 aromatic heterocycles. The Morgan fingerprint density at radius 1 is 1.47 bits per heavy atom. The fraction of sp³-hybridized carbons (Fsp3) is 0. The second-order valence-electron chi connectivity index (χ2n) is 2.97. The van der Waals surface area contributed by atoms with Crippen molar-refractivity contribution < 1.29 is 9.90 Å². The lowest BCUT2D eigenvalue weighted by Crippen LogP contribution is -2.32. The number of nitrogens with zero attached hydrogens (tertiary/aromatic N) is 1. The van der Waals surface area contributed by atoms with E-state index in [0.717, 1.165) is 16.6 Å². The first-order valence-electron chi connectivity index (χ1n) is 4.33. The van der Waals surface area contributed by atoms with Crippen LogP contribution in [0.25, 0.3) is 10.9 Å². The van der Waals surface area contributed by atoms with Crippen LogP contribution >= 0.6 is 0 Å². The highest BCUT2D eigenvalue weighted by Crippen LogP contribution is 2.12. The Morgan fingerprint density at radius 3 is 3.00 bits per heavy atom. The number of fused-ring (bicyclic) bond motifs is 1. The molecule has 0 aliphatic heterocycles. The van der Waals surface area contributed by atoms with Gasteiger partial charge in [0, 0.05) is 10.9 Å². The summed E-state index contributed by atoms with van der Waals surface area (Å²) in [5, 5.41) is 14.5. The number of hydrogen-bond donors (Lipinski definition) is 2. The van der Waals surface area contributed by atoms with Crippen molar-refractivity contribution in [1.29, 1.82) is 0 Å². The molecule has 0 unspecified atom stereocenters. The van der Waals surface area contributed by atoms with E-state index in [4.69, 9.17) is 0 Å². The fourth-order valence-electron chi connectivity index (χ4n) is 1.32. The van der Waals surface area contributed by atoms with Crippen molar-refractivity contribution in [3.8, 4) is 0 Å². The molecular formula is C10H8N3O2-. The zero-order valence-corrected chi connectivity index (χ0v) is 7.73. The summed E-state index contributed by atoms with van der Waals surface area (Å²) in [4.78, 5) is 13.1. The third-order valence-corrected chi connectivity index (χ3v) is 1.91. The average Bonchev–Trinajstić information content (AvgIpc) is 2.59. The molecule has 0 aliphatic rings. The molecule has 0 spiro atoms. The maximum atomic E-state index is 10.0. The summed E-state index contributed by atoms with van der Waals surface area (Å²) >= 11 is 0. The number of H-pyrrole nitrogens is 1. The number of amides is 1. The zero-order chi connectivity index (χ0) is 10.7. The van der Waals surface area contributed by atoms with Crippen LogP contribution in [0.15, 0.2) is 35.4 Å². The lowest BCUT2D eigenvalue weighted by molar-refractivity contribution is -0.250. The van der Waals surface area contributed by atoms with Gasteiger partial charge >= 0.3 is 0 Å². The monoisotopic (exact) mass is 202 g/mol. The molecule has 0 fully saturated rings. The molecule has 1 amide bonds. The van der Waals surface area contributed by atoms with Gasteiger partial charge in [-0.2, -0.15) is 5.10 Å². The Labute approximate surface area is 85.4 Å². The molecule has 5 heteroatoms. The molecule has 0 saturated heterocycles. The van der Waals surface area contributed by atoms with E-state index in [1.54, 1.807) is 5.43 Å². The summed E-state index contributed by atoms with van der Waals surface area (Å²) in [5.74, 6) is 0. The molecule has 5 nitrogen and oxygen atoms in total. The number of carbonyl (C=O) groups excluding carboxylic acids is 1. The number of aromatic nitrogens is 1. The van der Waals surface area contributed by atoms with Crippen LogP contribution in [0.3, 0.4) is 0 Å². The molecule has 0 atom stereocenters.